The van der Waals surface area contributed by atoms with Gasteiger partial charge in [0.05, 0.1) is 34.2 Å². The highest BCUT2D eigenvalue weighted by Crippen LogP contribution is 2.38. The largest absolute Gasteiger partial charge is 0.248 e. The van der Waals surface area contributed by atoms with Crippen molar-refractivity contribution in [2.24, 2.45) is 4.99 Å². The Morgan fingerprint density at radius 2 is 0.764 bits per heavy atom. The molecule has 1 heterocycles. The SMILES string of the molecule is C=C(/N=C(\C=C(/C)c1ccccc1)c1ccccc1)c1cccc(-c2nc(-c3ccc(-c4ccccc4)cc3)c(-c3ccccc3)nc2-c2ccccc2)c1. The number of nitrogens with zero attached hydrogens (tertiary/aromatic N) is 3. The van der Waals surface area contributed by atoms with Crippen LogP contribution in [0.15, 0.2) is 218 Å². The molecule has 0 bridgehead atoms. The van der Waals surface area contributed by atoms with Gasteiger partial charge >= 0.3 is 0 Å². The monoisotopic (exact) mass is 705 g/mol. The molecule has 0 amide bonds. The van der Waals surface area contributed by atoms with Crippen molar-refractivity contribution >= 4 is 17.0 Å². The standard InChI is InChI=1S/C52H39N3/c1-37(39-19-8-3-9-20-39)35-48(42-23-12-5-13-24-42)53-38(2)46-29-18-30-47(36-46)52-50(44-27-16-7-17-28-44)54-49(43-25-14-6-15-26-43)51(55-52)45-33-31-41(32-34-45)40-21-10-4-11-22-40/h3-36H,2H2,1H3/b37-35+,53-48+. The van der Waals surface area contributed by atoms with Crippen LogP contribution in [0.3, 0.4) is 0 Å². The first kappa shape index (κ1) is 34.8. The Labute approximate surface area is 323 Å². The summed E-state index contributed by atoms with van der Waals surface area (Å²) in [4.78, 5) is 16.1. The quantitative estimate of drug-likeness (QED) is 0.133. The fourth-order valence-corrected chi connectivity index (χ4v) is 6.72. The number of aromatic nitrogens is 2. The van der Waals surface area contributed by atoms with Crippen LogP contribution in [-0.2, 0) is 0 Å². The highest BCUT2D eigenvalue weighted by Gasteiger charge is 2.20. The van der Waals surface area contributed by atoms with Crippen molar-refractivity contribution in [1.82, 2.24) is 9.97 Å². The van der Waals surface area contributed by atoms with Crippen molar-refractivity contribution in [2.75, 3.05) is 0 Å². The maximum Gasteiger partial charge on any atom is 0.0973 e. The number of hydrogen-bond acceptors (Lipinski definition) is 3. The van der Waals surface area contributed by atoms with Crippen molar-refractivity contribution in [2.45, 2.75) is 6.92 Å². The van der Waals surface area contributed by atoms with Crippen LogP contribution in [0.2, 0.25) is 0 Å². The summed E-state index contributed by atoms with van der Waals surface area (Å²) < 4.78 is 0. The summed E-state index contributed by atoms with van der Waals surface area (Å²) in [7, 11) is 0. The predicted molar refractivity (Wildman–Crippen MR) is 231 cm³/mol. The van der Waals surface area contributed by atoms with Crippen LogP contribution in [0.4, 0.5) is 0 Å². The summed E-state index contributed by atoms with van der Waals surface area (Å²) >= 11 is 0. The van der Waals surface area contributed by atoms with Crippen molar-refractivity contribution < 1.29 is 0 Å². The number of rotatable bonds is 10. The second-order valence-electron chi connectivity index (χ2n) is 13.4. The molecule has 3 nitrogen and oxygen atoms in total. The van der Waals surface area contributed by atoms with Gasteiger partial charge in [0, 0.05) is 33.4 Å². The molecule has 8 rings (SSSR count). The maximum atomic E-state index is 5.51. The van der Waals surface area contributed by atoms with Gasteiger partial charge in [-0.2, -0.15) is 0 Å². The predicted octanol–water partition coefficient (Wildman–Crippen LogP) is 13.4. The number of aliphatic imine (C=N–C) groups is 1. The molecule has 55 heavy (non-hydrogen) atoms. The fraction of sp³-hybridized carbons (Fsp3) is 0.0192. The zero-order valence-corrected chi connectivity index (χ0v) is 30.7. The molecule has 8 aromatic rings. The third kappa shape index (κ3) is 7.92. The number of allylic oxidation sites excluding steroid dienone is 2. The highest BCUT2D eigenvalue weighted by molar-refractivity contribution is 6.14. The molecule has 0 atom stereocenters. The molecule has 3 heteroatoms. The summed E-state index contributed by atoms with van der Waals surface area (Å²) in [5.74, 6) is 0. The molecule has 0 N–H and O–H groups in total. The van der Waals surface area contributed by atoms with Gasteiger partial charge < -0.3 is 0 Å². The molecule has 0 saturated heterocycles. The lowest BCUT2D eigenvalue weighted by Crippen LogP contribution is -2.01. The van der Waals surface area contributed by atoms with Crippen LogP contribution >= 0.6 is 0 Å². The molecule has 1 aromatic heterocycles. The molecule has 0 unspecified atom stereocenters. The smallest absolute Gasteiger partial charge is 0.0973 e. The molecule has 7 aromatic carbocycles. The minimum Gasteiger partial charge on any atom is -0.248 e. The van der Waals surface area contributed by atoms with Crippen LogP contribution in [0.25, 0.3) is 67.4 Å². The Morgan fingerprint density at radius 3 is 1.29 bits per heavy atom. The Bertz CT molecular complexity index is 2610. The summed E-state index contributed by atoms with van der Waals surface area (Å²) in [6.07, 6.45) is 2.14. The zero-order valence-electron chi connectivity index (χ0n) is 30.7. The van der Waals surface area contributed by atoms with Crippen molar-refractivity contribution in [3.05, 3.63) is 230 Å². The van der Waals surface area contributed by atoms with Gasteiger partial charge in [0.1, 0.15) is 0 Å². The van der Waals surface area contributed by atoms with Crippen molar-refractivity contribution in [1.29, 1.82) is 0 Å². The topological polar surface area (TPSA) is 38.1 Å². The van der Waals surface area contributed by atoms with Gasteiger partial charge in [0.2, 0.25) is 0 Å². The van der Waals surface area contributed by atoms with Crippen LogP contribution < -0.4 is 0 Å². The lowest BCUT2D eigenvalue weighted by Gasteiger charge is -2.17. The normalized spacial score (nSPS) is 11.7. The third-order valence-electron chi connectivity index (χ3n) is 9.63. The molecule has 0 aliphatic rings. The minimum absolute atomic E-state index is 0.657. The average Bonchev–Trinajstić information content (AvgIpc) is 3.27. The van der Waals surface area contributed by atoms with Crippen LogP contribution in [0, 0.1) is 0 Å². The van der Waals surface area contributed by atoms with Gasteiger partial charge in [-0.25, -0.2) is 15.0 Å². The first-order valence-corrected chi connectivity index (χ1v) is 18.5. The van der Waals surface area contributed by atoms with Gasteiger partial charge in [-0.05, 0) is 41.3 Å². The van der Waals surface area contributed by atoms with E-state index in [1.807, 2.05) is 66.7 Å². The lowest BCUT2D eigenvalue weighted by molar-refractivity contribution is 1.21. The second-order valence-corrected chi connectivity index (χ2v) is 13.4. The third-order valence-corrected chi connectivity index (χ3v) is 9.63. The highest BCUT2D eigenvalue weighted by atomic mass is 14.9. The van der Waals surface area contributed by atoms with E-state index in [0.29, 0.717) is 5.70 Å². The van der Waals surface area contributed by atoms with E-state index in [2.05, 4.69) is 153 Å². The Morgan fingerprint density at radius 1 is 0.400 bits per heavy atom. The lowest BCUT2D eigenvalue weighted by atomic mass is 9.97. The van der Waals surface area contributed by atoms with Crippen LogP contribution in [0.1, 0.15) is 23.6 Å². The van der Waals surface area contributed by atoms with Crippen LogP contribution in [0.5, 0.6) is 0 Å². The number of hydrogen-bond donors (Lipinski definition) is 0. The van der Waals surface area contributed by atoms with Crippen LogP contribution in [-0.4, -0.2) is 15.7 Å². The fourth-order valence-electron chi connectivity index (χ4n) is 6.72. The van der Waals surface area contributed by atoms with E-state index in [0.717, 1.165) is 78.6 Å². The second kappa shape index (κ2) is 16.2. The van der Waals surface area contributed by atoms with Gasteiger partial charge in [0.15, 0.2) is 0 Å². The molecular formula is C52H39N3. The molecule has 262 valence electrons. The first-order chi connectivity index (χ1) is 27.1. The average molecular weight is 706 g/mol. The van der Waals surface area contributed by atoms with Crippen molar-refractivity contribution in [3.8, 4) is 56.2 Å². The molecular weight excluding hydrogens is 667 g/mol. The Kier molecular flexibility index (Phi) is 10.3. The molecule has 0 radical (unpaired) electrons. The summed E-state index contributed by atoms with van der Waals surface area (Å²) in [5, 5.41) is 0. The van der Waals surface area contributed by atoms with Gasteiger partial charge in [-0.3, -0.25) is 0 Å². The van der Waals surface area contributed by atoms with E-state index >= 15 is 0 Å². The van der Waals surface area contributed by atoms with Gasteiger partial charge in [-0.15, -0.1) is 0 Å². The van der Waals surface area contributed by atoms with E-state index in [9.17, 15) is 0 Å². The molecule has 0 saturated carbocycles. The van der Waals surface area contributed by atoms with E-state index in [1.54, 1.807) is 0 Å². The molecule has 0 spiro atoms. The van der Waals surface area contributed by atoms with E-state index in [1.165, 1.54) is 5.56 Å². The van der Waals surface area contributed by atoms with Gasteiger partial charge in [-0.1, -0.05) is 201 Å². The zero-order chi connectivity index (χ0) is 37.4. The maximum absolute atomic E-state index is 5.51. The summed E-state index contributed by atoms with van der Waals surface area (Å²) in [6, 6.07) is 68.6. The Hall–Kier alpha value is -7.23. The van der Waals surface area contributed by atoms with E-state index in [-0.39, 0.29) is 0 Å². The van der Waals surface area contributed by atoms with E-state index < -0.39 is 0 Å². The van der Waals surface area contributed by atoms with E-state index in [4.69, 9.17) is 15.0 Å². The molecule has 0 aliphatic carbocycles. The summed E-state index contributed by atoms with van der Waals surface area (Å²) in [5.41, 5.74) is 15.2. The van der Waals surface area contributed by atoms with Crippen molar-refractivity contribution in [3.63, 3.8) is 0 Å². The minimum atomic E-state index is 0.657. The van der Waals surface area contributed by atoms with Gasteiger partial charge in [0.25, 0.3) is 0 Å². The summed E-state index contributed by atoms with van der Waals surface area (Å²) in [6.45, 7) is 6.60. The molecule has 0 aliphatic heterocycles. The number of benzene rings is 7. The first-order valence-electron chi connectivity index (χ1n) is 18.5. The molecule has 0 fully saturated rings. The Balaban J connectivity index is 1.26.